The summed E-state index contributed by atoms with van der Waals surface area (Å²) in [7, 11) is 1.53. The van der Waals surface area contributed by atoms with Crippen molar-refractivity contribution >= 4 is 6.03 Å². The van der Waals surface area contributed by atoms with Crippen molar-refractivity contribution in [3.63, 3.8) is 0 Å². The van der Waals surface area contributed by atoms with Crippen LogP contribution in [-0.2, 0) is 12.7 Å². The molecule has 0 aliphatic heterocycles. The van der Waals surface area contributed by atoms with E-state index in [-0.39, 0.29) is 18.0 Å². The van der Waals surface area contributed by atoms with Gasteiger partial charge in [0.2, 0.25) is 0 Å². The molecule has 0 aliphatic carbocycles. The normalized spacial score (nSPS) is 13.5. The number of hydrogen-bond donors (Lipinski definition) is 2. The van der Waals surface area contributed by atoms with Gasteiger partial charge >= 0.3 is 12.2 Å². The van der Waals surface area contributed by atoms with E-state index in [0.29, 0.717) is 18.5 Å². The zero-order valence-electron chi connectivity index (χ0n) is 14.4. The summed E-state index contributed by atoms with van der Waals surface area (Å²) < 4.78 is 38.1. The topological polar surface area (TPSA) is 52.6 Å². The summed E-state index contributed by atoms with van der Waals surface area (Å²) in [4.78, 5) is 13.4. The summed E-state index contributed by atoms with van der Waals surface area (Å²) in [5.41, 5.74) is -0.599. The van der Waals surface area contributed by atoms with Crippen LogP contribution in [0.4, 0.5) is 18.0 Å². The maximum absolute atomic E-state index is 12.7. The Kier molecular flexibility index (Phi) is 6.66. The molecule has 1 aromatic rings. The van der Waals surface area contributed by atoms with Gasteiger partial charge in [-0.1, -0.05) is 26.0 Å². The lowest BCUT2D eigenvalue weighted by Gasteiger charge is -2.28. The summed E-state index contributed by atoms with van der Waals surface area (Å²) in [6, 6.07) is 4.56. The minimum atomic E-state index is -4.40. The Morgan fingerprint density at radius 2 is 1.96 bits per heavy atom. The standard InChI is InChI=1S/C17H25F3N2O2/c1-12(23)9-16(2,3)11-21-15(24)22(4)10-13-6-5-7-14(8-13)17(18,19)20/h5-8,12,23H,9-11H2,1-4H3,(H,21,24). The number of alkyl halides is 3. The Balaban J connectivity index is 2.62. The molecular weight excluding hydrogens is 321 g/mol. The van der Waals surface area contributed by atoms with Crippen LogP contribution in [0.5, 0.6) is 0 Å². The van der Waals surface area contributed by atoms with Crippen LogP contribution in [0.1, 0.15) is 38.3 Å². The van der Waals surface area contributed by atoms with Crippen LogP contribution in [0.25, 0.3) is 0 Å². The Hall–Kier alpha value is -1.76. The van der Waals surface area contributed by atoms with Gasteiger partial charge in [0.05, 0.1) is 11.7 Å². The Labute approximate surface area is 140 Å². The number of aliphatic hydroxyl groups is 1. The number of aliphatic hydroxyl groups excluding tert-OH is 1. The first kappa shape index (κ1) is 20.3. The predicted octanol–water partition coefficient (Wildman–Crippen LogP) is 3.64. The molecule has 7 heteroatoms. The van der Waals surface area contributed by atoms with Crippen LogP contribution in [-0.4, -0.2) is 35.7 Å². The first-order valence-corrected chi connectivity index (χ1v) is 7.74. The highest BCUT2D eigenvalue weighted by molar-refractivity contribution is 5.73. The van der Waals surface area contributed by atoms with Crippen molar-refractivity contribution in [2.45, 2.75) is 46.0 Å². The summed E-state index contributed by atoms with van der Waals surface area (Å²) in [5, 5.41) is 12.2. The van der Waals surface area contributed by atoms with Gasteiger partial charge in [-0.15, -0.1) is 0 Å². The highest BCUT2D eigenvalue weighted by atomic mass is 19.4. The Morgan fingerprint density at radius 1 is 1.33 bits per heavy atom. The van der Waals surface area contributed by atoms with Gasteiger partial charge in [-0.05, 0) is 36.5 Å². The number of amides is 2. The smallest absolute Gasteiger partial charge is 0.393 e. The van der Waals surface area contributed by atoms with E-state index in [2.05, 4.69) is 5.32 Å². The maximum Gasteiger partial charge on any atom is 0.416 e. The number of urea groups is 1. The van der Waals surface area contributed by atoms with Crippen molar-refractivity contribution in [3.05, 3.63) is 35.4 Å². The number of carbonyl (C=O) groups is 1. The van der Waals surface area contributed by atoms with Gasteiger partial charge in [0.25, 0.3) is 0 Å². The minimum absolute atomic E-state index is 0.0760. The molecule has 1 unspecified atom stereocenters. The average molecular weight is 346 g/mol. The van der Waals surface area contributed by atoms with E-state index in [4.69, 9.17) is 0 Å². The Morgan fingerprint density at radius 3 is 2.50 bits per heavy atom. The molecule has 0 spiro atoms. The van der Waals surface area contributed by atoms with Crippen LogP contribution < -0.4 is 5.32 Å². The molecule has 0 saturated carbocycles. The lowest BCUT2D eigenvalue weighted by Crippen LogP contribution is -2.42. The van der Waals surface area contributed by atoms with Crippen molar-refractivity contribution < 1.29 is 23.1 Å². The first-order valence-electron chi connectivity index (χ1n) is 7.74. The van der Waals surface area contributed by atoms with Crippen LogP contribution in [0.2, 0.25) is 0 Å². The molecule has 0 saturated heterocycles. The van der Waals surface area contributed by atoms with E-state index < -0.39 is 17.8 Å². The van der Waals surface area contributed by atoms with E-state index in [1.54, 1.807) is 13.0 Å². The second kappa shape index (κ2) is 7.88. The monoisotopic (exact) mass is 346 g/mol. The molecule has 0 bridgehead atoms. The highest BCUT2D eigenvalue weighted by Gasteiger charge is 2.30. The molecule has 4 nitrogen and oxygen atoms in total. The molecule has 1 atom stereocenters. The van der Waals surface area contributed by atoms with E-state index in [9.17, 15) is 23.1 Å². The first-order chi connectivity index (χ1) is 10.9. The predicted molar refractivity (Wildman–Crippen MR) is 86.4 cm³/mol. The molecule has 24 heavy (non-hydrogen) atoms. The van der Waals surface area contributed by atoms with Crippen molar-refractivity contribution in [1.82, 2.24) is 10.2 Å². The molecule has 1 rings (SSSR count). The SMILES string of the molecule is CC(O)CC(C)(C)CNC(=O)N(C)Cc1cccc(C(F)(F)F)c1. The largest absolute Gasteiger partial charge is 0.416 e. The van der Waals surface area contributed by atoms with Gasteiger partial charge in [-0.25, -0.2) is 4.79 Å². The molecule has 2 N–H and O–H groups in total. The second-order valence-electron chi connectivity index (χ2n) is 6.93. The third kappa shape index (κ3) is 6.78. The summed E-state index contributed by atoms with van der Waals surface area (Å²) >= 11 is 0. The Bertz CT molecular complexity index is 557. The van der Waals surface area contributed by atoms with Gasteiger partial charge in [0, 0.05) is 20.1 Å². The molecule has 0 fully saturated rings. The van der Waals surface area contributed by atoms with Crippen molar-refractivity contribution in [2.24, 2.45) is 5.41 Å². The van der Waals surface area contributed by atoms with Gasteiger partial charge in [0.15, 0.2) is 0 Å². The third-order valence-electron chi connectivity index (χ3n) is 3.59. The van der Waals surface area contributed by atoms with Crippen LogP contribution in [0.15, 0.2) is 24.3 Å². The lowest BCUT2D eigenvalue weighted by atomic mass is 9.87. The van der Waals surface area contributed by atoms with Gasteiger partial charge in [0.1, 0.15) is 0 Å². The number of halogens is 3. The maximum atomic E-state index is 12.7. The van der Waals surface area contributed by atoms with Gasteiger partial charge in [-0.3, -0.25) is 0 Å². The quantitative estimate of drug-likeness (QED) is 0.826. The van der Waals surface area contributed by atoms with E-state index in [1.165, 1.54) is 18.0 Å². The number of benzene rings is 1. The summed E-state index contributed by atoms with van der Waals surface area (Å²) in [6.45, 7) is 5.97. The fourth-order valence-electron chi connectivity index (χ4n) is 2.51. The summed E-state index contributed by atoms with van der Waals surface area (Å²) in [6.07, 6.45) is -4.34. The lowest BCUT2D eigenvalue weighted by molar-refractivity contribution is -0.137. The van der Waals surface area contributed by atoms with Gasteiger partial charge < -0.3 is 15.3 Å². The minimum Gasteiger partial charge on any atom is -0.393 e. The molecular formula is C17H25F3N2O2. The molecule has 136 valence electrons. The van der Waals surface area contributed by atoms with Crippen molar-refractivity contribution in [2.75, 3.05) is 13.6 Å². The molecule has 0 radical (unpaired) electrons. The number of hydrogen-bond acceptors (Lipinski definition) is 2. The molecule has 1 aromatic carbocycles. The molecule has 0 aliphatic rings. The second-order valence-corrected chi connectivity index (χ2v) is 6.93. The van der Waals surface area contributed by atoms with E-state index in [1.807, 2.05) is 13.8 Å². The van der Waals surface area contributed by atoms with E-state index >= 15 is 0 Å². The van der Waals surface area contributed by atoms with Crippen LogP contribution >= 0.6 is 0 Å². The molecule has 0 aromatic heterocycles. The number of nitrogens with one attached hydrogen (secondary N) is 1. The number of nitrogens with zero attached hydrogens (tertiary/aromatic N) is 1. The summed E-state index contributed by atoms with van der Waals surface area (Å²) in [5.74, 6) is 0. The third-order valence-corrected chi connectivity index (χ3v) is 3.59. The zero-order chi connectivity index (χ0) is 18.5. The van der Waals surface area contributed by atoms with Crippen LogP contribution in [0.3, 0.4) is 0 Å². The fraction of sp³-hybridized carbons (Fsp3) is 0.588. The van der Waals surface area contributed by atoms with Crippen molar-refractivity contribution in [3.8, 4) is 0 Å². The average Bonchev–Trinajstić information content (AvgIpc) is 2.42. The number of rotatable bonds is 6. The van der Waals surface area contributed by atoms with Gasteiger partial charge in [-0.2, -0.15) is 13.2 Å². The fourth-order valence-corrected chi connectivity index (χ4v) is 2.51. The molecule has 0 heterocycles. The molecule has 2 amide bonds. The van der Waals surface area contributed by atoms with Crippen LogP contribution in [0, 0.1) is 5.41 Å². The van der Waals surface area contributed by atoms with E-state index in [0.717, 1.165) is 12.1 Å². The van der Waals surface area contributed by atoms with Crippen molar-refractivity contribution in [1.29, 1.82) is 0 Å². The zero-order valence-corrected chi connectivity index (χ0v) is 14.4. The number of carbonyl (C=O) groups excluding carboxylic acids is 1. The highest BCUT2D eigenvalue weighted by Crippen LogP contribution is 2.29.